The fourth-order valence-corrected chi connectivity index (χ4v) is 2.14. The number of rotatable bonds is 5. The molecule has 0 aromatic heterocycles. The van der Waals surface area contributed by atoms with Gasteiger partial charge in [0.15, 0.2) is 0 Å². The van der Waals surface area contributed by atoms with Gasteiger partial charge in [0, 0.05) is 24.6 Å². The van der Waals surface area contributed by atoms with Gasteiger partial charge in [0.2, 0.25) is 0 Å². The molecule has 0 spiro atoms. The van der Waals surface area contributed by atoms with Crippen LogP contribution in [-0.2, 0) is 0 Å². The van der Waals surface area contributed by atoms with E-state index in [1.807, 2.05) is 6.92 Å². The summed E-state index contributed by atoms with van der Waals surface area (Å²) in [5.74, 6) is -0.519. The Labute approximate surface area is 117 Å². The average molecular weight is 280 g/mol. The lowest BCUT2D eigenvalue weighted by molar-refractivity contribution is 0.0747. The van der Waals surface area contributed by atoms with Gasteiger partial charge in [-0.1, -0.05) is 18.3 Å². The van der Waals surface area contributed by atoms with E-state index in [1.165, 1.54) is 12.1 Å². The molecule has 0 bridgehead atoms. The first-order chi connectivity index (χ1) is 8.99. The van der Waals surface area contributed by atoms with Crippen LogP contribution >= 0.6 is 12.2 Å². The summed E-state index contributed by atoms with van der Waals surface area (Å²) in [4.78, 5) is 14.6. The Morgan fingerprint density at radius 3 is 2.79 bits per heavy atom. The first-order valence-corrected chi connectivity index (χ1v) is 6.75. The molecular formula is C14H17FN2OS. The molecule has 102 valence electrons. The van der Waals surface area contributed by atoms with Crippen LogP contribution in [0.2, 0.25) is 0 Å². The van der Waals surface area contributed by atoms with Gasteiger partial charge in [-0.25, -0.2) is 4.39 Å². The monoisotopic (exact) mass is 280 g/mol. The third-order valence-corrected chi connectivity index (χ3v) is 3.48. The van der Waals surface area contributed by atoms with Crippen molar-refractivity contribution in [2.45, 2.75) is 32.2 Å². The minimum absolute atomic E-state index is 0.129. The van der Waals surface area contributed by atoms with E-state index in [-0.39, 0.29) is 17.8 Å². The number of carbonyl (C=O) groups excluding carboxylic acids is 1. The van der Waals surface area contributed by atoms with Gasteiger partial charge in [0.1, 0.15) is 5.82 Å². The van der Waals surface area contributed by atoms with E-state index in [9.17, 15) is 9.18 Å². The third kappa shape index (κ3) is 3.50. The fraction of sp³-hybridized carbons (Fsp3) is 0.429. The van der Waals surface area contributed by atoms with E-state index in [0.29, 0.717) is 23.5 Å². The maximum Gasteiger partial charge on any atom is 0.254 e. The van der Waals surface area contributed by atoms with E-state index >= 15 is 0 Å². The van der Waals surface area contributed by atoms with Crippen molar-refractivity contribution in [3.63, 3.8) is 0 Å². The molecule has 5 heteroatoms. The smallest absolute Gasteiger partial charge is 0.254 e. The molecule has 2 N–H and O–H groups in total. The van der Waals surface area contributed by atoms with E-state index in [1.54, 1.807) is 11.0 Å². The summed E-state index contributed by atoms with van der Waals surface area (Å²) in [7, 11) is 0. The van der Waals surface area contributed by atoms with Crippen LogP contribution in [0.3, 0.4) is 0 Å². The predicted octanol–water partition coefficient (Wildman–Crippen LogP) is 2.41. The van der Waals surface area contributed by atoms with Gasteiger partial charge in [-0.3, -0.25) is 4.79 Å². The van der Waals surface area contributed by atoms with Crippen molar-refractivity contribution in [3.05, 3.63) is 35.1 Å². The molecule has 1 fully saturated rings. The van der Waals surface area contributed by atoms with E-state index in [2.05, 4.69) is 0 Å². The Morgan fingerprint density at radius 1 is 1.53 bits per heavy atom. The molecule has 3 nitrogen and oxygen atoms in total. The number of halogens is 1. The first kappa shape index (κ1) is 13.9. The van der Waals surface area contributed by atoms with Crippen molar-refractivity contribution < 1.29 is 9.18 Å². The summed E-state index contributed by atoms with van der Waals surface area (Å²) < 4.78 is 13.3. The van der Waals surface area contributed by atoms with Crippen molar-refractivity contribution in [2.24, 2.45) is 5.73 Å². The highest BCUT2D eigenvalue weighted by molar-refractivity contribution is 7.80. The fourth-order valence-electron chi connectivity index (χ4n) is 2.05. The summed E-state index contributed by atoms with van der Waals surface area (Å²) in [6.07, 6.45) is 2.50. The Hall–Kier alpha value is -1.49. The lowest BCUT2D eigenvalue weighted by Crippen LogP contribution is -2.36. The van der Waals surface area contributed by atoms with Crippen molar-refractivity contribution in [3.8, 4) is 0 Å². The Bertz CT molecular complexity index is 514. The second-order valence-electron chi connectivity index (χ2n) is 4.91. The minimum atomic E-state index is -0.390. The molecular weight excluding hydrogens is 263 g/mol. The zero-order chi connectivity index (χ0) is 14.0. The molecule has 0 saturated heterocycles. The number of thiocarbonyl (C=S) groups is 1. The number of carbonyl (C=O) groups is 1. The molecule has 1 aliphatic rings. The normalized spacial score (nSPS) is 14.2. The first-order valence-electron chi connectivity index (χ1n) is 6.34. The molecule has 0 heterocycles. The molecule has 1 aromatic rings. The topological polar surface area (TPSA) is 46.3 Å². The quantitative estimate of drug-likeness (QED) is 0.843. The summed E-state index contributed by atoms with van der Waals surface area (Å²) in [5, 5.41) is 0. The SMILES string of the molecule is Cc1ccc(F)cc1C(=O)N(CCC(N)=S)C1CC1. The molecule has 0 radical (unpaired) electrons. The second-order valence-corrected chi connectivity index (χ2v) is 5.43. The lowest BCUT2D eigenvalue weighted by atomic mass is 10.1. The van der Waals surface area contributed by atoms with Crippen molar-refractivity contribution in [1.29, 1.82) is 0 Å². The maximum atomic E-state index is 13.3. The van der Waals surface area contributed by atoms with Crippen LogP contribution in [0.15, 0.2) is 18.2 Å². The third-order valence-electron chi connectivity index (χ3n) is 3.28. The molecule has 19 heavy (non-hydrogen) atoms. The van der Waals surface area contributed by atoms with Crippen LogP contribution in [0.5, 0.6) is 0 Å². The van der Waals surface area contributed by atoms with Gasteiger partial charge < -0.3 is 10.6 Å². The van der Waals surface area contributed by atoms with Crippen LogP contribution in [0.4, 0.5) is 4.39 Å². The molecule has 1 amide bonds. The maximum absolute atomic E-state index is 13.3. The van der Waals surface area contributed by atoms with Crippen LogP contribution in [-0.4, -0.2) is 28.4 Å². The highest BCUT2D eigenvalue weighted by Gasteiger charge is 2.33. The lowest BCUT2D eigenvalue weighted by Gasteiger charge is -2.23. The average Bonchev–Trinajstić information content (AvgIpc) is 3.16. The van der Waals surface area contributed by atoms with Gasteiger partial charge in [-0.05, 0) is 37.5 Å². The summed E-state index contributed by atoms with van der Waals surface area (Å²) in [5.41, 5.74) is 6.70. The summed E-state index contributed by atoms with van der Waals surface area (Å²) >= 11 is 4.85. The number of nitrogens with two attached hydrogens (primary N) is 1. The van der Waals surface area contributed by atoms with Gasteiger partial charge in [-0.15, -0.1) is 0 Å². The van der Waals surface area contributed by atoms with Gasteiger partial charge >= 0.3 is 0 Å². The van der Waals surface area contributed by atoms with Gasteiger partial charge in [-0.2, -0.15) is 0 Å². The molecule has 1 saturated carbocycles. The Balaban J connectivity index is 2.18. The molecule has 0 unspecified atom stereocenters. The van der Waals surface area contributed by atoms with Crippen molar-refractivity contribution in [2.75, 3.05) is 6.54 Å². The molecule has 2 rings (SSSR count). The number of hydrogen-bond donors (Lipinski definition) is 1. The van der Waals surface area contributed by atoms with Crippen LogP contribution < -0.4 is 5.73 Å². The number of hydrogen-bond acceptors (Lipinski definition) is 2. The molecule has 0 atom stereocenters. The Morgan fingerprint density at radius 2 is 2.21 bits per heavy atom. The van der Waals surface area contributed by atoms with E-state index in [4.69, 9.17) is 18.0 Å². The molecule has 1 aromatic carbocycles. The van der Waals surface area contributed by atoms with Crippen molar-refractivity contribution >= 4 is 23.1 Å². The predicted molar refractivity (Wildman–Crippen MR) is 76.6 cm³/mol. The second kappa shape index (κ2) is 5.65. The number of aryl methyl sites for hydroxylation is 1. The zero-order valence-electron chi connectivity index (χ0n) is 10.9. The van der Waals surface area contributed by atoms with Crippen LogP contribution in [0.25, 0.3) is 0 Å². The van der Waals surface area contributed by atoms with Crippen LogP contribution in [0.1, 0.15) is 35.2 Å². The molecule has 0 aliphatic heterocycles. The van der Waals surface area contributed by atoms with Crippen molar-refractivity contribution in [1.82, 2.24) is 4.90 Å². The van der Waals surface area contributed by atoms with E-state index < -0.39 is 0 Å². The van der Waals surface area contributed by atoms with Crippen LogP contribution in [0, 0.1) is 12.7 Å². The minimum Gasteiger partial charge on any atom is -0.393 e. The largest absolute Gasteiger partial charge is 0.393 e. The van der Waals surface area contributed by atoms with Gasteiger partial charge in [0.05, 0.1) is 4.99 Å². The number of benzene rings is 1. The molecule has 1 aliphatic carbocycles. The summed E-state index contributed by atoms with van der Waals surface area (Å²) in [6, 6.07) is 4.54. The van der Waals surface area contributed by atoms with E-state index in [0.717, 1.165) is 18.4 Å². The standard InChI is InChI=1S/C14H17FN2OS/c1-9-2-3-10(15)8-12(9)14(18)17(11-4-5-11)7-6-13(16)19/h2-3,8,11H,4-7H2,1H3,(H2,16,19). The zero-order valence-corrected chi connectivity index (χ0v) is 11.7. The number of nitrogens with zero attached hydrogens (tertiary/aromatic N) is 1. The Kier molecular flexibility index (Phi) is 4.14. The number of amides is 1. The van der Waals surface area contributed by atoms with Gasteiger partial charge in [0.25, 0.3) is 5.91 Å². The summed E-state index contributed by atoms with van der Waals surface area (Å²) in [6.45, 7) is 2.32. The highest BCUT2D eigenvalue weighted by atomic mass is 32.1. The highest BCUT2D eigenvalue weighted by Crippen LogP contribution is 2.29.